The van der Waals surface area contributed by atoms with Gasteiger partial charge in [0.25, 0.3) is 0 Å². The zero-order valence-corrected chi connectivity index (χ0v) is 10.3. The first-order valence-electron chi connectivity index (χ1n) is 6.02. The minimum absolute atomic E-state index is 0.128. The predicted molar refractivity (Wildman–Crippen MR) is 63.4 cm³/mol. The molecule has 0 aromatic heterocycles. The molecule has 4 heteroatoms. The lowest BCUT2D eigenvalue weighted by Crippen LogP contribution is -2.52. The molecule has 2 heterocycles. The van der Waals surface area contributed by atoms with Crippen molar-refractivity contribution in [1.82, 2.24) is 0 Å². The van der Waals surface area contributed by atoms with Crippen LogP contribution in [0, 0.1) is 0 Å². The van der Waals surface area contributed by atoms with E-state index >= 15 is 0 Å². The maximum Gasteiger partial charge on any atom is 0.175 e. The van der Waals surface area contributed by atoms with Crippen LogP contribution in [0.2, 0.25) is 0 Å². The van der Waals surface area contributed by atoms with E-state index in [1.54, 1.807) is 0 Å². The van der Waals surface area contributed by atoms with Crippen molar-refractivity contribution in [1.29, 1.82) is 0 Å². The van der Waals surface area contributed by atoms with Crippen LogP contribution in [-0.2, 0) is 9.47 Å². The smallest absolute Gasteiger partial charge is 0.175 e. The largest absolute Gasteiger partial charge is 0.390 e. The van der Waals surface area contributed by atoms with Crippen LogP contribution < -0.4 is 0 Å². The summed E-state index contributed by atoms with van der Waals surface area (Å²) in [6, 6.07) is 0. The van der Waals surface area contributed by atoms with Gasteiger partial charge >= 0.3 is 0 Å². The first-order chi connectivity index (χ1) is 8.06. The second-order valence-corrected chi connectivity index (χ2v) is 4.83. The highest BCUT2D eigenvalue weighted by atomic mass is 16.7. The van der Waals surface area contributed by atoms with Gasteiger partial charge in [-0.1, -0.05) is 12.2 Å². The zero-order chi connectivity index (χ0) is 12.5. The number of aliphatic hydroxyl groups excluding tert-OH is 2. The number of ether oxygens (including phenoxy) is 2. The van der Waals surface area contributed by atoms with Gasteiger partial charge in [0, 0.05) is 12.8 Å². The molecule has 0 aliphatic carbocycles. The Morgan fingerprint density at radius 1 is 1.29 bits per heavy atom. The predicted octanol–water partition coefficient (Wildman–Crippen LogP) is 1.14. The van der Waals surface area contributed by atoms with Gasteiger partial charge in [0.05, 0.1) is 19.3 Å². The first-order valence-corrected chi connectivity index (χ1v) is 6.02. The normalized spacial score (nSPS) is 39.3. The molecule has 0 radical (unpaired) electrons. The maximum absolute atomic E-state index is 9.73. The topological polar surface area (TPSA) is 58.9 Å². The van der Waals surface area contributed by atoms with E-state index < -0.39 is 18.0 Å². The van der Waals surface area contributed by atoms with Gasteiger partial charge in [0.15, 0.2) is 5.79 Å². The van der Waals surface area contributed by atoms with Crippen LogP contribution in [0.5, 0.6) is 0 Å². The molecule has 0 bridgehead atoms. The van der Waals surface area contributed by atoms with Crippen molar-refractivity contribution >= 4 is 0 Å². The Labute approximate surface area is 102 Å². The Morgan fingerprint density at radius 2 is 2.06 bits per heavy atom. The molecule has 1 spiro atoms. The third-order valence-electron chi connectivity index (χ3n) is 3.41. The Bertz CT molecular complexity index is 347. The number of rotatable bonds is 1. The van der Waals surface area contributed by atoms with Gasteiger partial charge in [-0.2, -0.15) is 0 Å². The molecule has 0 unspecified atom stereocenters. The van der Waals surface area contributed by atoms with Crippen molar-refractivity contribution in [3.8, 4) is 0 Å². The van der Waals surface area contributed by atoms with Crippen molar-refractivity contribution in [2.45, 2.75) is 44.7 Å². The maximum atomic E-state index is 9.73. The number of allylic oxidation sites excluding steroid dienone is 2. The summed E-state index contributed by atoms with van der Waals surface area (Å²) < 4.78 is 11.3. The molecule has 96 valence electrons. The fourth-order valence-corrected chi connectivity index (χ4v) is 2.31. The summed E-state index contributed by atoms with van der Waals surface area (Å²) >= 11 is 0. The van der Waals surface area contributed by atoms with Gasteiger partial charge in [-0.3, -0.25) is 0 Å². The van der Waals surface area contributed by atoms with Gasteiger partial charge in [0.2, 0.25) is 0 Å². The van der Waals surface area contributed by atoms with Crippen molar-refractivity contribution in [2.24, 2.45) is 0 Å². The lowest BCUT2D eigenvalue weighted by Gasteiger charge is -2.43. The lowest BCUT2D eigenvalue weighted by atomic mass is 9.90. The molecular formula is C13H20O4. The van der Waals surface area contributed by atoms with E-state index in [-0.39, 0.29) is 6.61 Å². The van der Waals surface area contributed by atoms with Gasteiger partial charge in [-0.25, -0.2) is 0 Å². The van der Waals surface area contributed by atoms with E-state index in [1.165, 1.54) is 11.1 Å². The fraction of sp³-hybridized carbons (Fsp3) is 0.692. The molecule has 2 rings (SSSR count). The number of hydrogen-bond acceptors (Lipinski definition) is 4. The van der Waals surface area contributed by atoms with E-state index in [9.17, 15) is 10.2 Å². The molecule has 0 aromatic rings. The van der Waals surface area contributed by atoms with Crippen LogP contribution in [-0.4, -0.2) is 41.4 Å². The highest BCUT2D eigenvalue weighted by molar-refractivity contribution is 5.28. The molecule has 3 atom stereocenters. The van der Waals surface area contributed by atoms with Crippen LogP contribution in [0.1, 0.15) is 26.7 Å². The second kappa shape index (κ2) is 4.90. The van der Waals surface area contributed by atoms with Crippen LogP contribution >= 0.6 is 0 Å². The Balaban J connectivity index is 2.14. The minimum atomic E-state index is -0.804. The van der Waals surface area contributed by atoms with E-state index in [2.05, 4.69) is 6.08 Å². The van der Waals surface area contributed by atoms with Gasteiger partial charge < -0.3 is 19.7 Å². The Morgan fingerprint density at radius 3 is 2.71 bits per heavy atom. The molecule has 0 saturated carbocycles. The molecule has 0 amide bonds. The van der Waals surface area contributed by atoms with Gasteiger partial charge in [-0.15, -0.1) is 0 Å². The molecule has 1 fully saturated rings. The Kier molecular flexibility index (Phi) is 3.68. The van der Waals surface area contributed by atoms with Crippen LogP contribution in [0.25, 0.3) is 0 Å². The number of aliphatic hydroxyl groups is 2. The highest BCUT2D eigenvalue weighted by Crippen LogP contribution is 2.37. The summed E-state index contributed by atoms with van der Waals surface area (Å²) in [5, 5.41) is 19.2. The lowest BCUT2D eigenvalue weighted by molar-refractivity contribution is -0.291. The molecule has 1 saturated heterocycles. The van der Waals surface area contributed by atoms with Crippen molar-refractivity contribution in [2.75, 3.05) is 13.2 Å². The second-order valence-electron chi connectivity index (χ2n) is 4.83. The standard InChI is InChI=1S/C13H20O4/c1-3-4-10-5-13(16-7-9(10)2)6-11(14)12(15)8-17-13/h3-4,11-12,14-15H,5-8H2,1-2H3/b4-3-/t11-,12+,13-/m0/s1. The monoisotopic (exact) mass is 240 g/mol. The van der Waals surface area contributed by atoms with E-state index in [1.807, 2.05) is 19.9 Å². The van der Waals surface area contributed by atoms with E-state index in [0.717, 1.165) is 0 Å². The summed E-state index contributed by atoms with van der Waals surface area (Å²) in [6.45, 7) is 4.66. The quantitative estimate of drug-likeness (QED) is 0.721. The summed E-state index contributed by atoms with van der Waals surface area (Å²) in [5.74, 6) is -0.757. The third kappa shape index (κ3) is 2.60. The van der Waals surface area contributed by atoms with Crippen molar-refractivity contribution < 1.29 is 19.7 Å². The van der Waals surface area contributed by atoms with Crippen LogP contribution in [0.15, 0.2) is 23.3 Å². The summed E-state index contributed by atoms with van der Waals surface area (Å²) in [5.41, 5.74) is 2.39. The minimum Gasteiger partial charge on any atom is -0.390 e. The van der Waals surface area contributed by atoms with Crippen molar-refractivity contribution in [3.63, 3.8) is 0 Å². The Hall–Kier alpha value is -0.680. The molecule has 2 N–H and O–H groups in total. The third-order valence-corrected chi connectivity index (χ3v) is 3.41. The summed E-state index contributed by atoms with van der Waals surface area (Å²) in [7, 11) is 0. The molecule has 0 aromatic carbocycles. The van der Waals surface area contributed by atoms with E-state index in [4.69, 9.17) is 9.47 Å². The average Bonchev–Trinajstić information content (AvgIpc) is 2.30. The molecule has 2 aliphatic heterocycles. The molecule has 4 nitrogen and oxygen atoms in total. The molecule has 2 aliphatic rings. The van der Waals surface area contributed by atoms with E-state index in [0.29, 0.717) is 19.4 Å². The SMILES string of the molecule is C/C=C\C1=C(C)CO[C@]2(C1)C[C@H](O)[C@H](O)CO2. The van der Waals surface area contributed by atoms with Crippen molar-refractivity contribution in [3.05, 3.63) is 23.3 Å². The van der Waals surface area contributed by atoms with Gasteiger partial charge in [-0.05, 0) is 25.0 Å². The molecular weight excluding hydrogens is 220 g/mol. The fourth-order valence-electron chi connectivity index (χ4n) is 2.31. The molecule has 17 heavy (non-hydrogen) atoms. The van der Waals surface area contributed by atoms with Crippen LogP contribution in [0.3, 0.4) is 0 Å². The first kappa shape index (κ1) is 12.8. The van der Waals surface area contributed by atoms with Crippen LogP contribution in [0.4, 0.5) is 0 Å². The summed E-state index contributed by atoms with van der Waals surface area (Å²) in [6.07, 6.45) is 3.43. The average molecular weight is 240 g/mol. The highest BCUT2D eigenvalue weighted by Gasteiger charge is 2.44. The summed E-state index contributed by atoms with van der Waals surface area (Å²) in [4.78, 5) is 0. The van der Waals surface area contributed by atoms with Gasteiger partial charge in [0.1, 0.15) is 6.10 Å². The number of hydrogen-bond donors (Lipinski definition) is 2. The zero-order valence-electron chi connectivity index (χ0n) is 10.3.